The van der Waals surface area contributed by atoms with Crippen molar-refractivity contribution in [3.05, 3.63) is 0 Å². The van der Waals surface area contributed by atoms with Crippen LogP contribution in [0, 0.1) is 5.92 Å². The van der Waals surface area contributed by atoms with Crippen molar-refractivity contribution in [1.29, 1.82) is 0 Å². The molecule has 1 aliphatic heterocycles. The van der Waals surface area contributed by atoms with Crippen molar-refractivity contribution in [2.24, 2.45) is 10.9 Å². The van der Waals surface area contributed by atoms with Gasteiger partial charge in [0.05, 0.1) is 0 Å². The van der Waals surface area contributed by atoms with E-state index in [0.717, 1.165) is 63.6 Å². The quantitative estimate of drug-likeness (QED) is 0.475. The molecule has 140 valence electrons. The topological polar surface area (TPSA) is 56.7 Å². The molecule has 0 aromatic carbocycles. The number of hydrogen-bond donors (Lipinski definition) is 2. The van der Waals surface area contributed by atoms with Crippen molar-refractivity contribution in [3.8, 4) is 0 Å². The Labute approximate surface area is 148 Å². The predicted molar refractivity (Wildman–Crippen MR) is 102 cm³/mol. The second-order valence-electron chi connectivity index (χ2n) is 7.32. The second-order valence-corrected chi connectivity index (χ2v) is 7.32. The minimum atomic E-state index is 0.318. The Bertz CT molecular complexity index is 395. The Morgan fingerprint density at radius 2 is 1.96 bits per heavy atom. The van der Waals surface area contributed by atoms with Gasteiger partial charge in [-0.15, -0.1) is 0 Å². The summed E-state index contributed by atoms with van der Waals surface area (Å²) in [5, 5.41) is 6.83. The minimum Gasteiger partial charge on any atom is -0.357 e. The standard InChI is InChI=1S/C19H38N4O/c1-6-17(23-14-8-9-18(23)24)12-13-21-19(20-7-2)22-16(5)11-10-15(3)4/h15-17H,6-14H2,1-5H3,(H2,20,21,22). The van der Waals surface area contributed by atoms with E-state index in [2.05, 4.69) is 50.2 Å². The molecule has 0 aromatic rings. The highest BCUT2D eigenvalue weighted by atomic mass is 16.2. The van der Waals surface area contributed by atoms with Crippen LogP contribution < -0.4 is 10.6 Å². The van der Waals surface area contributed by atoms with Gasteiger partial charge in [-0.3, -0.25) is 9.79 Å². The van der Waals surface area contributed by atoms with Crippen molar-refractivity contribution in [2.45, 2.75) is 85.2 Å². The number of nitrogens with one attached hydrogen (secondary N) is 2. The SMILES string of the molecule is CCNC(=NCCC(CC)N1CCCC1=O)NC(C)CCC(C)C. The number of carbonyl (C=O) groups excluding carboxylic acids is 1. The Balaban J connectivity index is 2.47. The van der Waals surface area contributed by atoms with Gasteiger partial charge in [0.25, 0.3) is 0 Å². The lowest BCUT2D eigenvalue weighted by atomic mass is 10.0. The summed E-state index contributed by atoms with van der Waals surface area (Å²) in [6.07, 6.45) is 6.06. The van der Waals surface area contributed by atoms with Crippen LogP contribution in [0.4, 0.5) is 0 Å². The van der Waals surface area contributed by atoms with Gasteiger partial charge in [-0.25, -0.2) is 0 Å². The van der Waals surface area contributed by atoms with Crippen LogP contribution in [0.5, 0.6) is 0 Å². The van der Waals surface area contributed by atoms with Crippen molar-refractivity contribution in [2.75, 3.05) is 19.6 Å². The van der Waals surface area contributed by atoms with Crippen molar-refractivity contribution in [1.82, 2.24) is 15.5 Å². The monoisotopic (exact) mass is 338 g/mol. The summed E-state index contributed by atoms with van der Waals surface area (Å²) in [6, 6.07) is 0.761. The van der Waals surface area contributed by atoms with E-state index in [1.807, 2.05) is 0 Å². The summed E-state index contributed by atoms with van der Waals surface area (Å²) >= 11 is 0. The number of nitrogens with zero attached hydrogens (tertiary/aromatic N) is 2. The first-order valence-corrected chi connectivity index (χ1v) is 9.82. The average molecular weight is 339 g/mol. The van der Waals surface area contributed by atoms with Gasteiger partial charge >= 0.3 is 0 Å². The van der Waals surface area contributed by atoms with Crippen LogP contribution in [0.1, 0.15) is 73.1 Å². The van der Waals surface area contributed by atoms with Crippen molar-refractivity contribution in [3.63, 3.8) is 0 Å². The number of hydrogen-bond acceptors (Lipinski definition) is 2. The van der Waals surface area contributed by atoms with Crippen molar-refractivity contribution < 1.29 is 4.79 Å². The molecule has 0 radical (unpaired) electrons. The fourth-order valence-electron chi connectivity index (χ4n) is 3.17. The fraction of sp³-hybridized carbons (Fsp3) is 0.895. The molecule has 1 fully saturated rings. The minimum absolute atomic E-state index is 0.318. The number of rotatable bonds is 10. The number of amides is 1. The van der Waals surface area contributed by atoms with E-state index >= 15 is 0 Å². The molecule has 1 amide bonds. The van der Waals surface area contributed by atoms with E-state index in [9.17, 15) is 4.79 Å². The van der Waals surface area contributed by atoms with Crippen LogP contribution in [-0.2, 0) is 4.79 Å². The van der Waals surface area contributed by atoms with Crippen LogP contribution in [0.2, 0.25) is 0 Å². The predicted octanol–water partition coefficient (Wildman–Crippen LogP) is 3.16. The molecule has 0 bridgehead atoms. The lowest BCUT2D eigenvalue weighted by molar-refractivity contribution is -0.129. The molecule has 2 atom stereocenters. The second kappa shape index (κ2) is 11.3. The summed E-state index contributed by atoms with van der Waals surface area (Å²) in [4.78, 5) is 18.7. The maximum absolute atomic E-state index is 11.9. The van der Waals surface area contributed by atoms with Crippen LogP contribution in [-0.4, -0.2) is 48.5 Å². The zero-order valence-corrected chi connectivity index (χ0v) is 16.4. The highest BCUT2D eigenvalue weighted by molar-refractivity contribution is 5.80. The Morgan fingerprint density at radius 1 is 1.21 bits per heavy atom. The fourth-order valence-corrected chi connectivity index (χ4v) is 3.17. The van der Waals surface area contributed by atoms with Gasteiger partial charge in [0.15, 0.2) is 5.96 Å². The molecular formula is C19H38N4O. The molecule has 2 unspecified atom stereocenters. The van der Waals surface area contributed by atoms with E-state index in [1.165, 1.54) is 6.42 Å². The van der Waals surface area contributed by atoms with Gasteiger partial charge in [0, 0.05) is 38.1 Å². The molecule has 0 aromatic heterocycles. The first-order chi connectivity index (χ1) is 11.5. The van der Waals surface area contributed by atoms with Crippen LogP contribution in [0.3, 0.4) is 0 Å². The Morgan fingerprint density at radius 3 is 2.50 bits per heavy atom. The van der Waals surface area contributed by atoms with Crippen LogP contribution in [0.15, 0.2) is 4.99 Å². The zero-order chi connectivity index (χ0) is 17.9. The molecule has 0 aliphatic carbocycles. The van der Waals surface area contributed by atoms with Gasteiger partial charge in [-0.1, -0.05) is 20.8 Å². The zero-order valence-electron chi connectivity index (χ0n) is 16.4. The van der Waals surface area contributed by atoms with Gasteiger partial charge in [0.2, 0.25) is 5.91 Å². The molecule has 5 nitrogen and oxygen atoms in total. The lowest BCUT2D eigenvalue weighted by Crippen LogP contribution is -2.42. The number of aliphatic imine (C=N–C) groups is 1. The molecular weight excluding hydrogens is 300 g/mol. The summed E-state index contributed by atoms with van der Waals surface area (Å²) < 4.78 is 0. The van der Waals surface area contributed by atoms with E-state index in [0.29, 0.717) is 18.0 Å². The molecule has 1 saturated heterocycles. The van der Waals surface area contributed by atoms with Gasteiger partial charge in [-0.05, 0) is 51.9 Å². The lowest BCUT2D eigenvalue weighted by Gasteiger charge is -2.26. The third kappa shape index (κ3) is 7.54. The van der Waals surface area contributed by atoms with Crippen molar-refractivity contribution >= 4 is 11.9 Å². The normalized spacial score (nSPS) is 18.2. The highest BCUT2D eigenvalue weighted by Crippen LogP contribution is 2.18. The average Bonchev–Trinajstić information content (AvgIpc) is 2.95. The summed E-state index contributed by atoms with van der Waals surface area (Å²) in [6.45, 7) is 13.5. The molecule has 1 aliphatic rings. The summed E-state index contributed by atoms with van der Waals surface area (Å²) in [7, 11) is 0. The van der Waals surface area contributed by atoms with Crippen LogP contribution >= 0.6 is 0 Å². The van der Waals surface area contributed by atoms with Gasteiger partial charge < -0.3 is 15.5 Å². The number of guanidine groups is 1. The van der Waals surface area contributed by atoms with E-state index in [1.54, 1.807) is 0 Å². The Kier molecular flexibility index (Phi) is 9.80. The largest absolute Gasteiger partial charge is 0.357 e. The maximum atomic E-state index is 11.9. The third-order valence-electron chi connectivity index (χ3n) is 4.66. The smallest absolute Gasteiger partial charge is 0.222 e. The molecule has 0 saturated carbocycles. The molecule has 1 rings (SSSR count). The first kappa shape index (κ1) is 20.8. The van der Waals surface area contributed by atoms with E-state index in [-0.39, 0.29) is 0 Å². The highest BCUT2D eigenvalue weighted by Gasteiger charge is 2.26. The summed E-state index contributed by atoms with van der Waals surface area (Å²) in [5.41, 5.74) is 0. The number of carbonyl (C=O) groups is 1. The molecule has 2 N–H and O–H groups in total. The van der Waals surface area contributed by atoms with Crippen LogP contribution in [0.25, 0.3) is 0 Å². The van der Waals surface area contributed by atoms with Gasteiger partial charge in [-0.2, -0.15) is 0 Å². The molecule has 0 spiro atoms. The summed E-state index contributed by atoms with van der Waals surface area (Å²) in [5.74, 6) is 1.95. The maximum Gasteiger partial charge on any atom is 0.222 e. The third-order valence-corrected chi connectivity index (χ3v) is 4.66. The molecule has 5 heteroatoms. The van der Waals surface area contributed by atoms with E-state index < -0.39 is 0 Å². The van der Waals surface area contributed by atoms with Gasteiger partial charge in [0.1, 0.15) is 0 Å². The Hall–Kier alpha value is -1.26. The molecule has 24 heavy (non-hydrogen) atoms. The van der Waals surface area contributed by atoms with E-state index in [4.69, 9.17) is 4.99 Å². The molecule has 1 heterocycles. The number of likely N-dealkylation sites (tertiary alicyclic amines) is 1. The first-order valence-electron chi connectivity index (χ1n) is 9.82.